The fraction of sp³-hybridized carbons (Fsp3) is 0.526. The van der Waals surface area contributed by atoms with Crippen molar-refractivity contribution in [2.45, 2.75) is 39.2 Å². The summed E-state index contributed by atoms with van der Waals surface area (Å²) < 4.78 is 1.56. The zero-order valence-corrected chi connectivity index (χ0v) is 15.9. The Kier molecular flexibility index (Phi) is 5.40. The van der Waals surface area contributed by atoms with Crippen LogP contribution in [0.4, 0.5) is 5.82 Å². The van der Waals surface area contributed by atoms with Crippen LogP contribution >= 0.6 is 0 Å². The summed E-state index contributed by atoms with van der Waals surface area (Å²) in [5.41, 5.74) is 0.597. The number of carbonyl (C=O) groups excluding carboxylic acids is 2. The Hall–Kier alpha value is -2.95. The van der Waals surface area contributed by atoms with Gasteiger partial charge < -0.3 is 9.80 Å². The first-order valence-electron chi connectivity index (χ1n) is 9.20. The second kappa shape index (κ2) is 7.74. The summed E-state index contributed by atoms with van der Waals surface area (Å²) in [4.78, 5) is 36.8. The van der Waals surface area contributed by atoms with Gasteiger partial charge in [0.15, 0.2) is 5.65 Å². The highest BCUT2D eigenvalue weighted by Crippen LogP contribution is 2.29. The maximum atomic E-state index is 12.2. The maximum absolute atomic E-state index is 12.2. The third-order valence-corrected chi connectivity index (χ3v) is 5.36. The molecule has 142 valence electrons. The number of nitriles is 1. The maximum Gasteiger partial charge on any atom is 0.236 e. The lowest BCUT2D eigenvalue weighted by Crippen LogP contribution is -2.52. The summed E-state index contributed by atoms with van der Waals surface area (Å²) in [6.45, 7) is 5.21. The first-order chi connectivity index (χ1) is 13.0. The molecule has 0 radical (unpaired) electrons. The molecule has 8 heteroatoms. The molecule has 8 nitrogen and oxygen atoms in total. The molecule has 0 aromatic carbocycles. The van der Waals surface area contributed by atoms with E-state index in [0.29, 0.717) is 31.1 Å². The fourth-order valence-corrected chi connectivity index (χ4v) is 3.71. The van der Waals surface area contributed by atoms with Gasteiger partial charge in [-0.25, -0.2) is 9.97 Å². The van der Waals surface area contributed by atoms with E-state index in [-0.39, 0.29) is 24.3 Å². The second-order valence-corrected chi connectivity index (χ2v) is 6.99. The molecule has 27 heavy (non-hydrogen) atoms. The van der Waals surface area contributed by atoms with Gasteiger partial charge in [-0.3, -0.25) is 14.2 Å². The van der Waals surface area contributed by atoms with E-state index < -0.39 is 0 Å². The van der Waals surface area contributed by atoms with Crippen LogP contribution in [0.2, 0.25) is 0 Å². The molecule has 2 unspecified atom stereocenters. The Bertz CT molecular complexity index is 899. The Morgan fingerprint density at radius 2 is 2.15 bits per heavy atom. The molecule has 3 heterocycles. The van der Waals surface area contributed by atoms with Gasteiger partial charge in [0, 0.05) is 32.8 Å². The highest BCUT2D eigenvalue weighted by atomic mass is 16.2. The van der Waals surface area contributed by atoms with E-state index in [2.05, 4.69) is 21.8 Å². The van der Waals surface area contributed by atoms with Gasteiger partial charge >= 0.3 is 0 Å². The summed E-state index contributed by atoms with van der Waals surface area (Å²) in [6.07, 6.45) is 4.38. The van der Waals surface area contributed by atoms with E-state index in [0.717, 1.165) is 17.6 Å². The van der Waals surface area contributed by atoms with Crippen molar-refractivity contribution in [3.05, 3.63) is 18.6 Å². The predicted octanol–water partition coefficient (Wildman–Crippen LogP) is 2.07. The Morgan fingerprint density at radius 3 is 2.85 bits per heavy atom. The molecule has 3 rings (SSSR count). The average Bonchev–Trinajstić information content (AvgIpc) is 3.11. The van der Waals surface area contributed by atoms with Gasteiger partial charge in [0.1, 0.15) is 18.6 Å². The normalized spacial score (nSPS) is 19.7. The van der Waals surface area contributed by atoms with Crippen LogP contribution in [0.15, 0.2) is 18.6 Å². The van der Waals surface area contributed by atoms with E-state index in [9.17, 15) is 9.59 Å². The number of hydrogen-bond donors (Lipinski definition) is 0. The van der Waals surface area contributed by atoms with E-state index in [1.165, 1.54) is 6.33 Å². The summed E-state index contributed by atoms with van der Waals surface area (Å²) in [5.74, 6) is 0.964. The third-order valence-electron chi connectivity index (χ3n) is 5.36. The fourth-order valence-electron chi connectivity index (χ4n) is 3.71. The first-order valence-corrected chi connectivity index (χ1v) is 9.20. The lowest BCUT2D eigenvalue weighted by atomic mass is 9.92. The highest BCUT2D eigenvalue weighted by Gasteiger charge is 2.32. The monoisotopic (exact) mass is 368 g/mol. The van der Waals surface area contributed by atoms with Crippen molar-refractivity contribution in [2.75, 3.05) is 25.0 Å². The van der Waals surface area contributed by atoms with Crippen LogP contribution in [0.1, 0.15) is 37.9 Å². The average molecular weight is 368 g/mol. The van der Waals surface area contributed by atoms with Crippen LogP contribution in [-0.2, 0) is 4.79 Å². The number of rotatable bonds is 4. The number of likely N-dealkylation sites (N-methyl/N-ethyl adjacent to an activating group) is 1. The molecule has 2 aromatic heterocycles. The van der Waals surface area contributed by atoms with Crippen LogP contribution in [-0.4, -0.2) is 57.4 Å². The third kappa shape index (κ3) is 3.50. The van der Waals surface area contributed by atoms with Crippen LogP contribution in [0.25, 0.3) is 11.0 Å². The van der Waals surface area contributed by atoms with Gasteiger partial charge in [0.2, 0.25) is 11.8 Å². The molecule has 1 aliphatic rings. The minimum absolute atomic E-state index is 0.0170. The van der Waals surface area contributed by atoms with Gasteiger partial charge in [0.25, 0.3) is 0 Å². The van der Waals surface area contributed by atoms with E-state index >= 15 is 0 Å². The van der Waals surface area contributed by atoms with E-state index in [1.54, 1.807) is 15.7 Å². The Balaban J connectivity index is 1.91. The van der Waals surface area contributed by atoms with Gasteiger partial charge in [0.05, 0.1) is 17.5 Å². The highest BCUT2D eigenvalue weighted by molar-refractivity contribution is 5.95. The molecule has 0 spiro atoms. The van der Waals surface area contributed by atoms with Crippen LogP contribution in [0.3, 0.4) is 0 Å². The lowest BCUT2D eigenvalue weighted by Gasteiger charge is -2.42. The molecule has 0 aliphatic carbocycles. The van der Waals surface area contributed by atoms with Gasteiger partial charge in [-0.2, -0.15) is 5.26 Å². The number of carbonyl (C=O) groups is 2. The first kappa shape index (κ1) is 18.8. The number of piperidine rings is 1. The number of likely N-dealkylation sites (tertiary alicyclic amines) is 1. The number of aromatic nitrogens is 3. The summed E-state index contributed by atoms with van der Waals surface area (Å²) in [5, 5.41) is 9.62. The zero-order chi connectivity index (χ0) is 19.6. The molecule has 2 atom stereocenters. The van der Waals surface area contributed by atoms with Crippen molar-refractivity contribution in [3.63, 3.8) is 0 Å². The molecule has 0 bridgehead atoms. The number of fused-ring (bicyclic) bond motifs is 1. The topological polar surface area (TPSA) is 95.1 Å². The predicted molar refractivity (Wildman–Crippen MR) is 101 cm³/mol. The van der Waals surface area contributed by atoms with Gasteiger partial charge in [-0.1, -0.05) is 13.8 Å². The number of amides is 1. The molecule has 1 fully saturated rings. The van der Waals surface area contributed by atoms with E-state index in [4.69, 9.17) is 5.26 Å². The minimum atomic E-state index is -0.129. The quantitative estimate of drug-likeness (QED) is 0.820. The summed E-state index contributed by atoms with van der Waals surface area (Å²) in [6, 6.07) is 3.87. The largest absolute Gasteiger partial charge is 0.354 e. The molecule has 1 aliphatic heterocycles. The second-order valence-electron chi connectivity index (χ2n) is 6.99. The molecule has 1 amide bonds. The van der Waals surface area contributed by atoms with Crippen LogP contribution in [0, 0.1) is 17.2 Å². The van der Waals surface area contributed by atoms with E-state index in [1.807, 2.05) is 26.1 Å². The van der Waals surface area contributed by atoms with Crippen molar-refractivity contribution in [3.8, 4) is 6.07 Å². The zero-order valence-electron chi connectivity index (χ0n) is 15.9. The number of nitrogens with zero attached hydrogens (tertiary/aromatic N) is 6. The van der Waals surface area contributed by atoms with Crippen molar-refractivity contribution in [2.24, 2.45) is 5.92 Å². The standard InChI is InChI=1S/C19H24N6O2/c1-4-16(26)25-10-7-14-18(21-12-22-19(14)25)23(3)15-11-24(9-6-13(15)2)17(27)5-8-20/h7,10,12-13,15H,4-6,9,11H2,1-3H3. The molecule has 0 N–H and O–H groups in total. The Labute approximate surface area is 158 Å². The Morgan fingerprint density at radius 1 is 1.37 bits per heavy atom. The lowest BCUT2D eigenvalue weighted by molar-refractivity contribution is -0.131. The molecular weight excluding hydrogens is 344 g/mol. The van der Waals surface area contributed by atoms with Crippen molar-refractivity contribution in [1.29, 1.82) is 5.26 Å². The van der Waals surface area contributed by atoms with Crippen LogP contribution in [0.5, 0.6) is 0 Å². The summed E-state index contributed by atoms with van der Waals surface area (Å²) >= 11 is 0. The van der Waals surface area contributed by atoms with Crippen molar-refractivity contribution >= 4 is 28.7 Å². The van der Waals surface area contributed by atoms with Crippen LogP contribution < -0.4 is 4.90 Å². The minimum Gasteiger partial charge on any atom is -0.354 e. The van der Waals surface area contributed by atoms with Gasteiger partial charge in [-0.05, 0) is 18.4 Å². The number of anilines is 1. The summed E-state index contributed by atoms with van der Waals surface area (Å²) in [7, 11) is 1.96. The van der Waals surface area contributed by atoms with Crippen molar-refractivity contribution in [1.82, 2.24) is 19.4 Å². The van der Waals surface area contributed by atoms with Gasteiger partial charge in [-0.15, -0.1) is 0 Å². The molecule has 2 aromatic rings. The SMILES string of the molecule is CCC(=O)n1ccc2c(N(C)C3CN(C(=O)CC#N)CCC3C)ncnc21. The van der Waals surface area contributed by atoms with Crippen molar-refractivity contribution < 1.29 is 9.59 Å². The molecule has 1 saturated heterocycles. The number of hydrogen-bond acceptors (Lipinski definition) is 6. The molecule has 0 saturated carbocycles. The molecular formula is C19H24N6O2. The smallest absolute Gasteiger partial charge is 0.236 e.